The summed E-state index contributed by atoms with van der Waals surface area (Å²) in [5.41, 5.74) is 0. The summed E-state index contributed by atoms with van der Waals surface area (Å²) in [6.45, 7) is 2.96. The molecule has 4 nitrogen and oxygen atoms in total. The summed E-state index contributed by atoms with van der Waals surface area (Å²) >= 11 is 0. The van der Waals surface area contributed by atoms with E-state index in [2.05, 4.69) is 10.2 Å². The van der Waals surface area contributed by atoms with Crippen LogP contribution in [0.1, 0.15) is 44.9 Å². The van der Waals surface area contributed by atoms with E-state index < -0.39 is 5.97 Å². The van der Waals surface area contributed by atoms with Crippen LogP contribution in [0.25, 0.3) is 0 Å². The summed E-state index contributed by atoms with van der Waals surface area (Å²) in [7, 11) is 0. The first kappa shape index (κ1) is 12.8. The van der Waals surface area contributed by atoms with Gasteiger partial charge in [0.25, 0.3) is 0 Å². The normalized spacial score (nSPS) is 27.4. The van der Waals surface area contributed by atoms with E-state index in [1.807, 2.05) is 0 Å². The van der Waals surface area contributed by atoms with Crippen molar-refractivity contribution in [3.05, 3.63) is 0 Å². The zero-order valence-electron chi connectivity index (χ0n) is 10.5. The van der Waals surface area contributed by atoms with E-state index in [4.69, 9.17) is 5.11 Å². The van der Waals surface area contributed by atoms with Crippen LogP contribution in [0.4, 0.5) is 0 Å². The number of rotatable bonds is 5. The van der Waals surface area contributed by atoms with Gasteiger partial charge in [0.1, 0.15) is 0 Å². The molecular weight excluding hydrogens is 216 g/mol. The molecule has 1 atom stereocenters. The smallest absolute Gasteiger partial charge is 0.304 e. The zero-order chi connectivity index (χ0) is 12.1. The maximum Gasteiger partial charge on any atom is 0.304 e. The molecule has 1 aliphatic heterocycles. The molecule has 1 saturated carbocycles. The molecule has 2 rings (SSSR count). The minimum Gasteiger partial charge on any atom is -0.481 e. The van der Waals surface area contributed by atoms with Gasteiger partial charge in [0.05, 0.1) is 6.42 Å². The van der Waals surface area contributed by atoms with Gasteiger partial charge in [0.2, 0.25) is 0 Å². The molecule has 0 radical (unpaired) electrons. The number of hydrogen-bond donors (Lipinski definition) is 2. The third-order valence-corrected chi connectivity index (χ3v) is 4.07. The van der Waals surface area contributed by atoms with E-state index in [9.17, 15) is 4.79 Å². The Morgan fingerprint density at radius 2 is 2.00 bits per heavy atom. The second kappa shape index (κ2) is 6.36. The Morgan fingerprint density at radius 1 is 1.24 bits per heavy atom. The fourth-order valence-corrected chi connectivity index (χ4v) is 3.16. The van der Waals surface area contributed by atoms with Crippen molar-refractivity contribution in [2.24, 2.45) is 0 Å². The Bertz CT molecular complexity index is 252. The summed E-state index contributed by atoms with van der Waals surface area (Å²) in [6, 6.07) is 1.31. The van der Waals surface area contributed by atoms with Crippen LogP contribution >= 0.6 is 0 Å². The third-order valence-electron chi connectivity index (χ3n) is 4.07. The molecule has 0 aromatic carbocycles. The van der Waals surface area contributed by atoms with Crippen molar-refractivity contribution in [1.82, 2.24) is 10.2 Å². The number of nitrogens with one attached hydrogen (secondary N) is 1. The highest BCUT2D eigenvalue weighted by molar-refractivity contribution is 5.66. The van der Waals surface area contributed by atoms with Crippen molar-refractivity contribution in [3.63, 3.8) is 0 Å². The van der Waals surface area contributed by atoms with Crippen molar-refractivity contribution in [2.45, 2.75) is 57.0 Å². The van der Waals surface area contributed by atoms with E-state index in [1.165, 1.54) is 45.1 Å². The number of carbonyl (C=O) groups is 1. The van der Waals surface area contributed by atoms with Gasteiger partial charge < -0.3 is 10.4 Å². The van der Waals surface area contributed by atoms with Crippen molar-refractivity contribution >= 4 is 5.97 Å². The van der Waals surface area contributed by atoms with E-state index in [-0.39, 0.29) is 6.42 Å². The lowest BCUT2D eigenvalue weighted by Gasteiger charge is -2.37. The molecule has 4 heteroatoms. The second-order valence-electron chi connectivity index (χ2n) is 5.37. The summed E-state index contributed by atoms with van der Waals surface area (Å²) in [5.74, 6) is -0.707. The number of hydrogen-bond acceptors (Lipinski definition) is 3. The van der Waals surface area contributed by atoms with Crippen molar-refractivity contribution < 1.29 is 9.90 Å². The molecule has 17 heavy (non-hydrogen) atoms. The van der Waals surface area contributed by atoms with Crippen LogP contribution in [0.3, 0.4) is 0 Å². The van der Waals surface area contributed by atoms with Crippen molar-refractivity contribution in [2.75, 3.05) is 19.6 Å². The van der Waals surface area contributed by atoms with Gasteiger partial charge in [-0.05, 0) is 32.2 Å². The lowest BCUT2D eigenvalue weighted by Crippen LogP contribution is -2.49. The Hall–Kier alpha value is -0.610. The lowest BCUT2D eigenvalue weighted by atomic mass is 10.0. The van der Waals surface area contributed by atoms with E-state index >= 15 is 0 Å². The van der Waals surface area contributed by atoms with Gasteiger partial charge in [0.15, 0.2) is 0 Å². The van der Waals surface area contributed by atoms with Crippen LogP contribution in [-0.2, 0) is 4.79 Å². The number of aliphatic carboxylic acids is 1. The molecule has 2 fully saturated rings. The first-order valence-electron chi connectivity index (χ1n) is 6.95. The summed E-state index contributed by atoms with van der Waals surface area (Å²) < 4.78 is 0. The minimum atomic E-state index is -0.707. The van der Waals surface area contributed by atoms with Gasteiger partial charge >= 0.3 is 5.97 Å². The van der Waals surface area contributed by atoms with Gasteiger partial charge in [0, 0.05) is 25.2 Å². The first-order valence-corrected chi connectivity index (χ1v) is 6.95. The Kier molecular flexibility index (Phi) is 4.80. The van der Waals surface area contributed by atoms with Crippen LogP contribution in [0.15, 0.2) is 0 Å². The molecule has 0 bridgehead atoms. The van der Waals surface area contributed by atoms with E-state index in [0.717, 1.165) is 12.6 Å². The monoisotopic (exact) mass is 240 g/mol. The predicted octanol–water partition coefficient (Wildman–Crippen LogP) is 1.46. The SMILES string of the molecule is O=C(O)CCNC1CCCN(C2CCCC2)C1. The van der Waals surface area contributed by atoms with Crippen LogP contribution in [0.2, 0.25) is 0 Å². The maximum atomic E-state index is 10.5. The molecule has 2 aliphatic rings. The Balaban J connectivity index is 1.70. The predicted molar refractivity (Wildman–Crippen MR) is 67.1 cm³/mol. The summed E-state index contributed by atoms with van der Waals surface area (Å²) in [5, 5.41) is 12.0. The van der Waals surface area contributed by atoms with Crippen LogP contribution in [0, 0.1) is 0 Å². The van der Waals surface area contributed by atoms with Gasteiger partial charge in [-0.1, -0.05) is 12.8 Å². The highest BCUT2D eigenvalue weighted by Gasteiger charge is 2.27. The highest BCUT2D eigenvalue weighted by Crippen LogP contribution is 2.26. The molecule has 2 N–H and O–H groups in total. The number of carboxylic acid groups (broad SMARTS) is 1. The minimum absolute atomic E-state index is 0.236. The topological polar surface area (TPSA) is 52.6 Å². The highest BCUT2D eigenvalue weighted by atomic mass is 16.4. The number of nitrogens with zero attached hydrogens (tertiary/aromatic N) is 1. The number of piperidine rings is 1. The van der Waals surface area contributed by atoms with Gasteiger partial charge in [-0.15, -0.1) is 0 Å². The summed E-state index contributed by atoms with van der Waals surface area (Å²) in [6.07, 6.45) is 8.18. The first-order chi connectivity index (χ1) is 8.25. The van der Waals surface area contributed by atoms with Crippen LogP contribution in [-0.4, -0.2) is 47.7 Å². The molecule has 1 unspecified atom stereocenters. The van der Waals surface area contributed by atoms with Gasteiger partial charge in [-0.25, -0.2) is 0 Å². The number of likely N-dealkylation sites (tertiary alicyclic amines) is 1. The van der Waals surface area contributed by atoms with Crippen LogP contribution < -0.4 is 5.32 Å². The second-order valence-corrected chi connectivity index (χ2v) is 5.37. The average Bonchev–Trinajstić information content (AvgIpc) is 2.82. The molecule has 1 saturated heterocycles. The molecule has 1 aliphatic carbocycles. The summed E-state index contributed by atoms with van der Waals surface area (Å²) in [4.78, 5) is 13.1. The molecule has 0 aromatic rings. The van der Waals surface area contributed by atoms with Crippen molar-refractivity contribution in [1.29, 1.82) is 0 Å². The van der Waals surface area contributed by atoms with Crippen LogP contribution in [0.5, 0.6) is 0 Å². The molecule has 1 heterocycles. The van der Waals surface area contributed by atoms with Gasteiger partial charge in [-0.2, -0.15) is 0 Å². The molecule has 98 valence electrons. The average molecular weight is 240 g/mol. The molecule has 0 amide bonds. The standard InChI is InChI=1S/C13H24N2O2/c16-13(17)7-8-14-11-4-3-9-15(10-11)12-5-1-2-6-12/h11-12,14H,1-10H2,(H,16,17). The van der Waals surface area contributed by atoms with Gasteiger partial charge in [-0.3, -0.25) is 9.69 Å². The lowest BCUT2D eigenvalue weighted by molar-refractivity contribution is -0.136. The van der Waals surface area contributed by atoms with Crippen molar-refractivity contribution in [3.8, 4) is 0 Å². The molecule has 0 spiro atoms. The quantitative estimate of drug-likeness (QED) is 0.764. The largest absolute Gasteiger partial charge is 0.481 e. The number of carboxylic acids is 1. The molecular formula is C13H24N2O2. The Labute approximate surface area is 103 Å². The zero-order valence-corrected chi connectivity index (χ0v) is 10.5. The molecule has 0 aromatic heterocycles. The third kappa shape index (κ3) is 3.96. The van der Waals surface area contributed by atoms with E-state index in [0.29, 0.717) is 12.6 Å². The maximum absolute atomic E-state index is 10.5. The fraction of sp³-hybridized carbons (Fsp3) is 0.923. The van der Waals surface area contributed by atoms with E-state index in [1.54, 1.807) is 0 Å². The Morgan fingerprint density at radius 3 is 2.71 bits per heavy atom. The fourth-order valence-electron chi connectivity index (χ4n) is 3.16.